The fraction of sp³-hybridized carbons (Fsp3) is 0.455. The summed E-state index contributed by atoms with van der Waals surface area (Å²) in [7, 11) is 0. The van der Waals surface area contributed by atoms with E-state index in [2.05, 4.69) is 20.6 Å². The summed E-state index contributed by atoms with van der Waals surface area (Å²) in [5.74, 6) is -0.190. The van der Waals surface area contributed by atoms with Crippen LogP contribution in [0.5, 0.6) is 0 Å². The maximum Gasteiger partial charge on any atom is 0.432 e. The third-order valence-corrected chi connectivity index (χ3v) is 2.68. The monoisotopic (exact) mass is 302 g/mol. The molecule has 0 bridgehead atoms. The smallest absolute Gasteiger partial charge is 0.343 e. The SMILES string of the molecule is CCCn1cnnc1CNC(=O)c1cc(C(F)(F)F)[nH]n1. The third kappa shape index (κ3) is 3.58. The topological polar surface area (TPSA) is 88.5 Å². The summed E-state index contributed by atoms with van der Waals surface area (Å²) in [4.78, 5) is 11.7. The zero-order valence-corrected chi connectivity index (χ0v) is 11.1. The number of aryl methyl sites for hydroxylation is 1. The number of amides is 1. The van der Waals surface area contributed by atoms with Crippen molar-refractivity contribution in [1.29, 1.82) is 0 Å². The van der Waals surface area contributed by atoms with Crippen LogP contribution < -0.4 is 5.32 Å². The summed E-state index contributed by atoms with van der Waals surface area (Å²) >= 11 is 0. The van der Waals surface area contributed by atoms with Gasteiger partial charge in [0.05, 0.1) is 6.54 Å². The highest BCUT2D eigenvalue weighted by Crippen LogP contribution is 2.27. The van der Waals surface area contributed by atoms with E-state index in [1.807, 2.05) is 6.92 Å². The molecule has 10 heteroatoms. The lowest BCUT2D eigenvalue weighted by Crippen LogP contribution is -2.25. The Bertz CT molecular complexity index is 618. The van der Waals surface area contributed by atoms with E-state index < -0.39 is 17.8 Å². The fourth-order valence-electron chi connectivity index (χ4n) is 1.68. The Morgan fingerprint density at radius 1 is 1.48 bits per heavy atom. The highest BCUT2D eigenvalue weighted by atomic mass is 19.4. The van der Waals surface area contributed by atoms with Crippen LogP contribution in [0.25, 0.3) is 0 Å². The molecule has 0 radical (unpaired) electrons. The predicted octanol–water partition coefficient (Wildman–Crippen LogP) is 1.36. The molecule has 0 aromatic carbocycles. The van der Waals surface area contributed by atoms with Gasteiger partial charge in [-0.1, -0.05) is 6.92 Å². The van der Waals surface area contributed by atoms with E-state index in [4.69, 9.17) is 0 Å². The molecule has 0 aliphatic carbocycles. The Morgan fingerprint density at radius 2 is 2.24 bits per heavy atom. The van der Waals surface area contributed by atoms with Crippen molar-refractivity contribution in [2.45, 2.75) is 32.6 Å². The number of nitrogens with zero attached hydrogens (tertiary/aromatic N) is 4. The van der Waals surface area contributed by atoms with Gasteiger partial charge in [-0.2, -0.15) is 18.3 Å². The molecule has 7 nitrogen and oxygen atoms in total. The van der Waals surface area contributed by atoms with Crippen LogP contribution in [0, 0.1) is 0 Å². The van der Waals surface area contributed by atoms with Crippen molar-refractivity contribution in [3.63, 3.8) is 0 Å². The molecule has 0 atom stereocenters. The van der Waals surface area contributed by atoms with Gasteiger partial charge < -0.3 is 9.88 Å². The van der Waals surface area contributed by atoms with Gasteiger partial charge in [0.25, 0.3) is 5.91 Å². The molecule has 114 valence electrons. The Hall–Kier alpha value is -2.39. The lowest BCUT2D eigenvalue weighted by Gasteiger charge is -2.05. The maximum atomic E-state index is 12.4. The Balaban J connectivity index is 1.98. The number of rotatable bonds is 5. The van der Waals surface area contributed by atoms with Crippen LogP contribution >= 0.6 is 0 Å². The van der Waals surface area contributed by atoms with E-state index in [0.717, 1.165) is 6.42 Å². The maximum absolute atomic E-state index is 12.4. The van der Waals surface area contributed by atoms with Crippen molar-refractivity contribution < 1.29 is 18.0 Å². The van der Waals surface area contributed by atoms with Crippen LogP contribution in [-0.4, -0.2) is 30.9 Å². The van der Waals surface area contributed by atoms with Crippen molar-refractivity contribution in [2.24, 2.45) is 0 Å². The summed E-state index contributed by atoms with van der Waals surface area (Å²) in [5.41, 5.74) is -1.40. The van der Waals surface area contributed by atoms with Gasteiger partial charge in [-0.25, -0.2) is 0 Å². The van der Waals surface area contributed by atoms with E-state index in [1.165, 1.54) is 6.33 Å². The Labute approximate surface area is 117 Å². The first-order chi connectivity index (χ1) is 9.91. The largest absolute Gasteiger partial charge is 0.432 e. The molecular formula is C11H13F3N6O. The van der Waals surface area contributed by atoms with Crippen LogP contribution in [0.15, 0.2) is 12.4 Å². The van der Waals surface area contributed by atoms with Gasteiger partial charge in [-0.05, 0) is 6.42 Å². The van der Waals surface area contributed by atoms with Crippen molar-refractivity contribution >= 4 is 5.91 Å². The van der Waals surface area contributed by atoms with E-state index in [0.29, 0.717) is 18.4 Å². The minimum absolute atomic E-state index is 0.0625. The normalized spacial score (nSPS) is 11.6. The molecule has 2 rings (SSSR count). The van der Waals surface area contributed by atoms with Crippen molar-refractivity contribution in [3.8, 4) is 0 Å². The second kappa shape index (κ2) is 5.94. The van der Waals surface area contributed by atoms with E-state index in [-0.39, 0.29) is 12.2 Å². The number of H-pyrrole nitrogens is 1. The molecule has 0 unspecified atom stereocenters. The summed E-state index contributed by atoms with van der Waals surface area (Å²) < 4.78 is 38.9. The summed E-state index contributed by atoms with van der Waals surface area (Å²) in [6, 6.07) is 0.659. The van der Waals surface area contributed by atoms with Gasteiger partial charge in [-0.3, -0.25) is 9.89 Å². The average molecular weight is 302 g/mol. The number of halogens is 3. The Morgan fingerprint density at radius 3 is 2.86 bits per heavy atom. The second-order valence-electron chi connectivity index (χ2n) is 4.29. The first kappa shape index (κ1) is 15.0. The summed E-state index contributed by atoms with van der Waals surface area (Å²) in [6.45, 7) is 2.73. The summed E-state index contributed by atoms with van der Waals surface area (Å²) in [6.07, 6.45) is -2.17. The van der Waals surface area contributed by atoms with Gasteiger partial charge in [0.15, 0.2) is 11.5 Å². The van der Waals surface area contributed by atoms with Crippen LogP contribution in [0.1, 0.15) is 35.4 Å². The van der Waals surface area contributed by atoms with Gasteiger partial charge in [-0.15, -0.1) is 10.2 Å². The number of alkyl halides is 3. The number of carbonyl (C=O) groups is 1. The molecule has 0 aliphatic heterocycles. The fourth-order valence-corrected chi connectivity index (χ4v) is 1.68. The number of hydrogen-bond donors (Lipinski definition) is 2. The number of nitrogens with one attached hydrogen (secondary N) is 2. The van der Waals surface area contributed by atoms with Gasteiger partial charge >= 0.3 is 6.18 Å². The highest BCUT2D eigenvalue weighted by Gasteiger charge is 2.33. The zero-order valence-electron chi connectivity index (χ0n) is 11.1. The van der Waals surface area contributed by atoms with Crippen molar-refractivity contribution in [2.75, 3.05) is 0 Å². The molecule has 0 fully saturated rings. The van der Waals surface area contributed by atoms with E-state index in [1.54, 1.807) is 9.67 Å². The molecule has 0 saturated heterocycles. The molecule has 2 aromatic heterocycles. The third-order valence-electron chi connectivity index (χ3n) is 2.68. The predicted molar refractivity (Wildman–Crippen MR) is 65.1 cm³/mol. The molecule has 1 amide bonds. The molecule has 2 N–H and O–H groups in total. The first-order valence-electron chi connectivity index (χ1n) is 6.19. The second-order valence-corrected chi connectivity index (χ2v) is 4.29. The number of carbonyl (C=O) groups excluding carboxylic acids is 1. The minimum atomic E-state index is -4.56. The van der Waals surface area contributed by atoms with Crippen molar-refractivity contribution in [3.05, 3.63) is 29.6 Å². The average Bonchev–Trinajstić information content (AvgIpc) is 3.04. The number of aromatic amines is 1. The number of aromatic nitrogens is 5. The van der Waals surface area contributed by atoms with Gasteiger partial charge in [0.2, 0.25) is 0 Å². The van der Waals surface area contributed by atoms with Gasteiger partial charge in [0.1, 0.15) is 12.0 Å². The van der Waals surface area contributed by atoms with Crippen LogP contribution in [0.4, 0.5) is 13.2 Å². The quantitative estimate of drug-likeness (QED) is 0.873. The van der Waals surface area contributed by atoms with Crippen LogP contribution in [-0.2, 0) is 19.3 Å². The molecular weight excluding hydrogens is 289 g/mol. The molecule has 0 aliphatic rings. The van der Waals surface area contributed by atoms with E-state index in [9.17, 15) is 18.0 Å². The molecule has 21 heavy (non-hydrogen) atoms. The lowest BCUT2D eigenvalue weighted by atomic mass is 10.3. The number of hydrogen-bond acceptors (Lipinski definition) is 4. The van der Waals surface area contributed by atoms with Crippen molar-refractivity contribution in [1.82, 2.24) is 30.3 Å². The lowest BCUT2D eigenvalue weighted by molar-refractivity contribution is -0.141. The van der Waals surface area contributed by atoms with Gasteiger partial charge in [0, 0.05) is 12.6 Å². The van der Waals surface area contributed by atoms with Crippen LogP contribution in [0.2, 0.25) is 0 Å². The standard InChI is InChI=1S/C11H13F3N6O/c1-2-3-20-6-16-19-9(20)5-15-10(21)7-4-8(18-17-7)11(12,13)14/h4,6H,2-3,5H2,1H3,(H,15,21)(H,17,18). The minimum Gasteiger partial charge on any atom is -0.343 e. The molecule has 0 spiro atoms. The first-order valence-corrected chi connectivity index (χ1v) is 6.19. The van der Waals surface area contributed by atoms with E-state index >= 15 is 0 Å². The highest BCUT2D eigenvalue weighted by molar-refractivity contribution is 5.92. The van der Waals surface area contributed by atoms with Crippen LogP contribution in [0.3, 0.4) is 0 Å². The molecule has 0 saturated carbocycles. The zero-order chi connectivity index (χ0) is 15.5. The Kier molecular flexibility index (Phi) is 4.24. The molecule has 2 aromatic rings. The molecule has 2 heterocycles. The summed E-state index contributed by atoms with van der Waals surface area (Å²) in [5, 5.41) is 15.1.